The van der Waals surface area contributed by atoms with Gasteiger partial charge in [0.05, 0.1) is 4.92 Å². The SMILES string of the molecule is Cc1c(C)c(C)n2nc(S(C)(=O)=O)c([N+](=O)[O-])c2c1C. The number of nitrogens with zero attached hydrogens (tertiary/aromatic N) is 3. The van der Waals surface area contributed by atoms with Crippen LogP contribution in [0.1, 0.15) is 22.4 Å². The van der Waals surface area contributed by atoms with Crippen LogP contribution in [0.15, 0.2) is 5.03 Å². The van der Waals surface area contributed by atoms with Gasteiger partial charge in [0.2, 0.25) is 9.84 Å². The van der Waals surface area contributed by atoms with Crippen molar-refractivity contribution in [2.75, 3.05) is 6.26 Å². The Morgan fingerprint density at radius 1 is 1.10 bits per heavy atom. The number of rotatable bonds is 2. The van der Waals surface area contributed by atoms with Gasteiger partial charge >= 0.3 is 5.69 Å². The molecular formula is C12H15N3O4S. The maximum atomic E-state index is 11.7. The second-order valence-electron chi connectivity index (χ2n) is 4.90. The van der Waals surface area contributed by atoms with Gasteiger partial charge in [0.1, 0.15) is 5.52 Å². The van der Waals surface area contributed by atoms with Crippen LogP contribution in [0, 0.1) is 37.8 Å². The molecule has 108 valence electrons. The van der Waals surface area contributed by atoms with E-state index in [1.807, 2.05) is 13.8 Å². The molecule has 0 aliphatic carbocycles. The van der Waals surface area contributed by atoms with Crippen molar-refractivity contribution in [1.82, 2.24) is 9.61 Å². The lowest BCUT2D eigenvalue weighted by Crippen LogP contribution is -2.03. The van der Waals surface area contributed by atoms with Crippen LogP contribution < -0.4 is 0 Å². The molecule has 0 amide bonds. The first-order chi connectivity index (χ1) is 9.07. The van der Waals surface area contributed by atoms with Gasteiger partial charge in [-0.2, -0.15) is 0 Å². The summed E-state index contributed by atoms with van der Waals surface area (Å²) in [5, 5.41) is 14.8. The fraction of sp³-hybridized carbons (Fsp3) is 0.417. The summed E-state index contributed by atoms with van der Waals surface area (Å²) in [7, 11) is -3.77. The van der Waals surface area contributed by atoms with E-state index in [9.17, 15) is 18.5 Å². The molecular weight excluding hydrogens is 282 g/mol. The average molecular weight is 297 g/mol. The van der Waals surface area contributed by atoms with Crippen LogP contribution in [0.5, 0.6) is 0 Å². The van der Waals surface area contributed by atoms with Gasteiger partial charge in [-0.1, -0.05) is 0 Å². The third-order valence-corrected chi connectivity index (χ3v) is 4.68. The minimum Gasteiger partial charge on any atom is -0.258 e. The summed E-state index contributed by atoms with van der Waals surface area (Å²) in [4.78, 5) is 10.6. The molecule has 0 radical (unpaired) electrons. The molecule has 0 unspecified atom stereocenters. The lowest BCUT2D eigenvalue weighted by molar-refractivity contribution is -0.386. The van der Waals surface area contributed by atoms with Crippen LogP contribution in [0.4, 0.5) is 5.69 Å². The van der Waals surface area contributed by atoms with E-state index >= 15 is 0 Å². The lowest BCUT2D eigenvalue weighted by Gasteiger charge is -2.10. The molecule has 2 aromatic rings. The van der Waals surface area contributed by atoms with Crippen LogP contribution in [0.2, 0.25) is 0 Å². The Hall–Kier alpha value is -1.96. The molecule has 0 N–H and O–H groups in total. The highest BCUT2D eigenvalue weighted by atomic mass is 32.2. The van der Waals surface area contributed by atoms with Crippen molar-refractivity contribution in [1.29, 1.82) is 0 Å². The molecule has 0 aromatic carbocycles. The third kappa shape index (κ3) is 1.87. The molecule has 7 nitrogen and oxygen atoms in total. The fourth-order valence-corrected chi connectivity index (χ4v) is 3.02. The topological polar surface area (TPSA) is 94.6 Å². The van der Waals surface area contributed by atoms with E-state index in [-0.39, 0.29) is 5.52 Å². The maximum Gasteiger partial charge on any atom is 0.334 e. The highest BCUT2D eigenvalue weighted by Gasteiger charge is 2.32. The second-order valence-corrected chi connectivity index (χ2v) is 6.83. The largest absolute Gasteiger partial charge is 0.334 e. The highest BCUT2D eigenvalue weighted by molar-refractivity contribution is 7.90. The Morgan fingerprint density at radius 2 is 1.65 bits per heavy atom. The third-order valence-electron chi connectivity index (χ3n) is 3.70. The highest BCUT2D eigenvalue weighted by Crippen LogP contribution is 2.33. The number of fused-ring (bicyclic) bond motifs is 1. The van der Waals surface area contributed by atoms with E-state index in [0.29, 0.717) is 11.3 Å². The molecule has 0 atom stereocenters. The van der Waals surface area contributed by atoms with E-state index in [1.54, 1.807) is 13.8 Å². The van der Waals surface area contributed by atoms with Crippen LogP contribution in [0.25, 0.3) is 5.52 Å². The molecule has 0 bridgehead atoms. The standard InChI is InChI=1S/C12H15N3O4S/c1-6-7(2)9(4)14-10(8(6)3)11(15(16)17)12(13-14)20(5,18)19/h1-5H3. The number of aryl methyl sites for hydroxylation is 2. The van der Waals surface area contributed by atoms with Crippen molar-refractivity contribution in [2.24, 2.45) is 0 Å². The Bertz CT molecular complexity index is 850. The van der Waals surface area contributed by atoms with Crippen LogP contribution in [0.3, 0.4) is 0 Å². The van der Waals surface area contributed by atoms with Gasteiger partial charge in [-0.25, -0.2) is 12.9 Å². The first kappa shape index (κ1) is 14.4. The van der Waals surface area contributed by atoms with E-state index in [2.05, 4.69) is 5.10 Å². The van der Waals surface area contributed by atoms with E-state index in [4.69, 9.17) is 0 Å². The summed E-state index contributed by atoms with van der Waals surface area (Å²) in [6.45, 7) is 7.23. The van der Waals surface area contributed by atoms with E-state index in [0.717, 1.165) is 17.4 Å². The van der Waals surface area contributed by atoms with Crippen molar-refractivity contribution >= 4 is 21.0 Å². The Balaban J connectivity index is 3.17. The number of hydrogen-bond donors (Lipinski definition) is 0. The summed E-state index contributed by atoms with van der Waals surface area (Å²) >= 11 is 0. The predicted molar refractivity (Wildman–Crippen MR) is 73.9 cm³/mol. The first-order valence-corrected chi connectivity index (χ1v) is 7.80. The smallest absolute Gasteiger partial charge is 0.258 e. The molecule has 2 aromatic heterocycles. The van der Waals surface area contributed by atoms with Gasteiger partial charge in [-0.3, -0.25) is 10.1 Å². The molecule has 0 fully saturated rings. The molecule has 0 aliphatic rings. The van der Waals surface area contributed by atoms with Crippen molar-refractivity contribution in [3.8, 4) is 0 Å². The Kier molecular flexibility index (Phi) is 3.09. The average Bonchev–Trinajstić information content (AvgIpc) is 2.74. The second kappa shape index (κ2) is 4.27. The lowest BCUT2D eigenvalue weighted by atomic mass is 10.0. The molecule has 0 aliphatic heterocycles. The van der Waals surface area contributed by atoms with E-state index in [1.165, 1.54) is 4.52 Å². The Morgan fingerprint density at radius 3 is 2.10 bits per heavy atom. The molecule has 0 saturated carbocycles. The zero-order valence-electron chi connectivity index (χ0n) is 11.9. The van der Waals surface area contributed by atoms with Crippen molar-refractivity contribution in [3.63, 3.8) is 0 Å². The molecule has 2 rings (SSSR count). The summed E-state index contributed by atoms with van der Waals surface area (Å²) in [5.41, 5.74) is 3.00. The monoisotopic (exact) mass is 297 g/mol. The summed E-state index contributed by atoms with van der Waals surface area (Å²) in [6, 6.07) is 0. The van der Waals surface area contributed by atoms with Gasteiger partial charge < -0.3 is 0 Å². The van der Waals surface area contributed by atoms with Gasteiger partial charge in [-0.05, 0) is 44.4 Å². The predicted octanol–water partition coefficient (Wildman–Crippen LogP) is 1.88. The first-order valence-electron chi connectivity index (χ1n) is 5.91. The summed E-state index contributed by atoms with van der Waals surface area (Å²) in [5.74, 6) is 0. The quantitative estimate of drug-likeness (QED) is 0.623. The molecule has 0 saturated heterocycles. The molecule has 20 heavy (non-hydrogen) atoms. The Labute approximate surface area is 116 Å². The number of aromatic nitrogens is 2. The normalized spacial score (nSPS) is 12.1. The maximum absolute atomic E-state index is 11.7. The fourth-order valence-electron chi connectivity index (χ4n) is 2.27. The minimum atomic E-state index is -3.77. The zero-order valence-corrected chi connectivity index (χ0v) is 12.7. The van der Waals surface area contributed by atoms with Crippen LogP contribution in [-0.4, -0.2) is 29.2 Å². The van der Waals surface area contributed by atoms with Crippen LogP contribution >= 0.6 is 0 Å². The number of pyridine rings is 1. The molecule has 2 heterocycles. The van der Waals surface area contributed by atoms with Gasteiger partial charge in [-0.15, -0.1) is 5.10 Å². The minimum absolute atomic E-state index is 0.246. The van der Waals surface area contributed by atoms with Gasteiger partial charge in [0.15, 0.2) is 0 Å². The van der Waals surface area contributed by atoms with Crippen molar-refractivity contribution in [3.05, 3.63) is 32.5 Å². The number of sulfone groups is 1. The van der Waals surface area contributed by atoms with Crippen LogP contribution in [-0.2, 0) is 9.84 Å². The molecule has 8 heteroatoms. The van der Waals surface area contributed by atoms with E-state index < -0.39 is 25.5 Å². The number of nitro groups is 1. The number of hydrogen-bond acceptors (Lipinski definition) is 5. The molecule has 0 spiro atoms. The summed E-state index contributed by atoms with van der Waals surface area (Å²) in [6.07, 6.45) is 0.923. The summed E-state index contributed by atoms with van der Waals surface area (Å²) < 4.78 is 24.8. The van der Waals surface area contributed by atoms with Crippen molar-refractivity contribution < 1.29 is 13.3 Å². The van der Waals surface area contributed by atoms with Gasteiger partial charge in [0.25, 0.3) is 5.03 Å². The van der Waals surface area contributed by atoms with Crippen molar-refractivity contribution in [2.45, 2.75) is 32.7 Å². The zero-order chi connectivity index (χ0) is 15.4. The van der Waals surface area contributed by atoms with Gasteiger partial charge in [0, 0.05) is 11.9 Å².